The third-order valence-electron chi connectivity index (χ3n) is 2.36. The molecule has 13 heavy (non-hydrogen) atoms. The van der Waals surface area contributed by atoms with Crippen LogP contribution in [0, 0.1) is 0 Å². The van der Waals surface area contributed by atoms with Crippen LogP contribution in [0.25, 0.3) is 0 Å². The molecule has 3 heteroatoms. The van der Waals surface area contributed by atoms with Crippen LogP contribution in [0.4, 0.5) is 0 Å². The second-order valence-corrected chi connectivity index (χ2v) is 4.06. The summed E-state index contributed by atoms with van der Waals surface area (Å²) in [5, 5.41) is 3.17. The number of carbonyl (C=O) groups excluding carboxylic acids is 1. The number of hydrogen-bond acceptors (Lipinski definition) is 2. The third kappa shape index (κ3) is 1.67. The van der Waals surface area contributed by atoms with Gasteiger partial charge in [0.2, 0.25) is 0 Å². The van der Waals surface area contributed by atoms with Gasteiger partial charge in [-0.2, -0.15) is 0 Å². The van der Waals surface area contributed by atoms with Gasteiger partial charge in [0.25, 0.3) is 0 Å². The minimum Gasteiger partial charge on any atom is -0.303 e. The first-order valence-electron chi connectivity index (χ1n) is 4.26. The first-order chi connectivity index (χ1) is 6.31. The van der Waals surface area contributed by atoms with Gasteiger partial charge in [0.15, 0.2) is 0 Å². The standard InChI is InChI=1S/C10H10BrNO/c11-10-3-1-2-7-4-8(6-13)12-5-9(7)10/h1-3,6,8,12H,4-5H2. The van der Waals surface area contributed by atoms with E-state index in [0.29, 0.717) is 0 Å². The van der Waals surface area contributed by atoms with E-state index in [1.54, 1.807) is 0 Å². The molecule has 0 aromatic heterocycles. The Hall–Kier alpha value is -0.670. The van der Waals surface area contributed by atoms with E-state index in [1.807, 2.05) is 12.1 Å². The number of fused-ring (bicyclic) bond motifs is 1. The van der Waals surface area contributed by atoms with Crippen LogP contribution < -0.4 is 5.32 Å². The summed E-state index contributed by atoms with van der Waals surface area (Å²) in [5.41, 5.74) is 2.55. The topological polar surface area (TPSA) is 29.1 Å². The van der Waals surface area contributed by atoms with Crippen LogP contribution in [0.2, 0.25) is 0 Å². The summed E-state index contributed by atoms with van der Waals surface area (Å²) in [6.07, 6.45) is 1.78. The fourth-order valence-corrected chi connectivity index (χ4v) is 2.18. The van der Waals surface area contributed by atoms with Gasteiger partial charge in [-0.25, -0.2) is 0 Å². The summed E-state index contributed by atoms with van der Waals surface area (Å²) in [7, 11) is 0. The maximum Gasteiger partial charge on any atom is 0.137 e. The maximum absolute atomic E-state index is 10.6. The number of nitrogens with one attached hydrogen (secondary N) is 1. The van der Waals surface area contributed by atoms with Gasteiger partial charge in [0.1, 0.15) is 6.29 Å². The van der Waals surface area contributed by atoms with Crippen LogP contribution in [-0.2, 0) is 17.8 Å². The molecular formula is C10H10BrNO. The highest BCUT2D eigenvalue weighted by atomic mass is 79.9. The molecule has 1 aromatic carbocycles. The minimum atomic E-state index is -0.0122. The Kier molecular flexibility index (Phi) is 2.47. The number of aldehydes is 1. The molecule has 0 spiro atoms. The zero-order chi connectivity index (χ0) is 9.26. The van der Waals surface area contributed by atoms with Gasteiger partial charge in [-0.05, 0) is 23.6 Å². The van der Waals surface area contributed by atoms with Crippen LogP contribution in [0.5, 0.6) is 0 Å². The average molecular weight is 240 g/mol. The molecular weight excluding hydrogens is 230 g/mol. The monoisotopic (exact) mass is 239 g/mol. The molecule has 0 amide bonds. The number of hydrogen-bond donors (Lipinski definition) is 1. The smallest absolute Gasteiger partial charge is 0.137 e. The molecule has 1 atom stereocenters. The Morgan fingerprint density at radius 3 is 3.15 bits per heavy atom. The predicted molar refractivity (Wildman–Crippen MR) is 54.5 cm³/mol. The van der Waals surface area contributed by atoms with Gasteiger partial charge in [-0.1, -0.05) is 28.1 Å². The molecule has 2 rings (SSSR count). The Bertz CT molecular complexity index is 338. The van der Waals surface area contributed by atoms with E-state index in [0.717, 1.165) is 23.7 Å². The predicted octanol–water partition coefficient (Wildman–Crippen LogP) is 1.66. The highest BCUT2D eigenvalue weighted by Gasteiger charge is 2.18. The molecule has 0 fully saturated rings. The van der Waals surface area contributed by atoms with E-state index in [1.165, 1.54) is 11.1 Å². The van der Waals surface area contributed by atoms with E-state index >= 15 is 0 Å². The van der Waals surface area contributed by atoms with Gasteiger partial charge in [-0.15, -0.1) is 0 Å². The lowest BCUT2D eigenvalue weighted by molar-refractivity contribution is -0.109. The van der Waals surface area contributed by atoms with Crippen molar-refractivity contribution in [1.29, 1.82) is 0 Å². The lowest BCUT2D eigenvalue weighted by Crippen LogP contribution is -2.36. The molecule has 0 saturated carbocycles. The van der Waals surface area contributed by atoms with E-state index in [2.05, 4.69) is 27.3 Å². The van der Waals surface area contributed by atoms with Crippen LogP contribution in [-0.4, -0.2) is 12.3 Å². The summed E-state index contributed by atoms with van der Waals surface area (Å²) >= 11 is 3.50. The minimum absolute atomic E-state index is 0.0122. The van der Waals surface area contributed by atoms with Crippen molar-refractivity contribution in [2.75, 3.05) is 0 Å². The molecule has 68 valence electrons. The summed E-state index contributed by atoms with van der Waals surface area (Å²) < 4.78 is 1.13. The lowest BCUT2D eigenvalue weighted by Gasteiger charge is -2.22. The molecule has 0 saturated heterocycles. The fourth-order valence-electron chi connectivity index (χ4n) is 1.63. The van der Waals surface area contributed by atoms with Crippen molar-refractivity contribution in [3.05, 3.63) is 33.8 Å². The molecule has 2 nitrogen and oxygen atoms in total. The maximum atomic E-state index is 10.6. The highest BCUT2D eigenvalue weighted by molar-refractivity contribution is 9.10. The van der Waals surface area contributed by atoms with Crippen molar-refractivity contribution < 1.29 is 4.79 Å². The fraction of sp³-hybridized carbons (Fsp3) is 0.300. The lowest BCUT2D eigenvalue weighted by atomic mass is 9.97. The van der Waals surface area contributed by atoms with Crippen molar-refractivity contribution in [3.63, 3.8) is 0 Å². The van der Waals surface area contributed by atoms with E-state index < -0.39 is 0 Å². The van der Waals surface area contributed by atoms with Crippen LogP contribution in [0.3, 0.4) is 0 Å². The normalized spacial score (nSPS) is 20.8. The van der Waals surface area contributed by atoms with Crippen molar-refractivity contribution in [2.45, 2.75) is 19.0 Å². The first kappa shape index (κ1) is 8.91. The molecule has 0 radical (unpaired) electrons. The number of halogens is 1. The molecule has 1 heterocycles. The average Bonchev–Trinajstić information content (AvgIpc) is 2.18. The van der Waals surface area contributed by atoms with Crippen molar-refractivity contribution in [3.8, 4) is 0 Å². The van der Waals surface area contributed by atoms with Crippen LogP contribution >= 0.6 is 15.9 Å². The van der Waals surface area contributed by atoms with Gasteiger partial charge >= 0.3 is 0 Å². The molecule has 1 unspecified atom stereocenters. The molecule has 1 N–H and O–H groups in total. The molecule has 0 bridgehead atoms. The zero-order valence-corrected chi connectivity index (χ0v) is 8.67. The van der Waals surface area contributed by atoms with Crippen LogP contribution in [0.15, 0.2) is 22.7 Å². The molecule has 1 aliphatic rings. The Morgan fingerprint density at radius 1 is 1.54 bits per heavy atom. The van der Waals surface area contributed by atoms with Gasteiger partial charge in [-0.3, -0.25) is 0 Å². The SMILES string of the molecule is O=CC1Cc2cccc(Br)c2CN1. The van der Waals surface area contributed by atoms with E-state index in [4.69, 9.17) is 0 Å². The van der Waals surface area contributed by atoms with Crippen molar-refractivity contribution >= 4 is 22.2 Å². The number of benzene rings is 1. The van der Waals surface area contributed by atoms with E-state index in [9.17, 15) is 4.79 Å². The Labute approximate surface area is 85.5 Å². The highest BCUT2D eigenvalue weighted by Crippen LogP contribution is 2.24. The summed E-state index contributed by atoms with van der Waals surface area (Å²) in [6.45, 7) is 0.778. The Balaban J connectivity index is 2.36. The second kappa shape index (κ2) is 3.60. The number of rotatable bonds is 1. The molecule has 0 aliphatic carbocycles. The molecule has 1 aliphatic heterocycles. The van der Waals surface area contributed by atoms with Crippen molar-refractivity contribution in [2.24, 2.45) is 0 Å². The summed E-state index contributed by atoms with van der Waals surface area (Å²) in [4.78, 5) is 10.6. The van der Waals surface area contributed by atoms with Crippen molar-refractivity contribution in [1.82, 2.24) is 5.32 Å². The Morgan fingerprint density at radius 2 is 2.38 bits per heavy atom. The number of carbonyl (C=O) groups is 1. The van der Waals surface area contributed by atoms with Gasteiger partial charge in [0, 0.05) is 11.0 Å². The van der Waals surface area contributed by atoms with Crippen LogP contribution in [0.1, 0.15) is 11.1 Å². The summed E-state index contributed by atoms with van der Waals surface area (Å²) in [5.74, 6) is 0. The largest absolute Gasteiger partial charge is 0.303 e. The zero-order valence-electron chi connectivity index (χ0n) is 7.09. The van der Waals surface area contributed by atoms with E-state index in [-0.39, 0.29) is 6.04 Å². The quantitative estimate of drug-likeness (QED) is 0.756. The van der Waals surface area contributed by atoms with Gasteiger partial charge < -0.3 is 10.1 Å². The third-order valence-corrected chi connectivity index (χ3v) is 3.10. The second-order valence-electron chi connectivity index (χ2n) is 3.21. The van der Waals surface area contributed by atoms with Gasteiger partial charge in [0.05, 0.1) is 6.04 Å². The summed E-state index contributed by atoms with van der Waals surface area (Å²) in [6, 6.07) is 6.11. The molecule has 1 aromatic rings. The first-order valence-corrected chi connectivity index (χ1v) is 5.05.